The first-order valence-corrected chi connectivity index (χ1v) is 10.2. The minimum absolute atomic E-state index is 0.0446. The van der Waals surface area contributed by atoms with Gasteiger partial charge in [0.05, 0.1) is 16.9 Å². The van der Waals surface area contributed by atoms with Crippen molar-refractivity contribution in [2.45, 2.75) is 17.7 Å². The van der Waals surface area contributed by atoms with Gasteiger partial charge >= 0.3 is 5.97 Å². The van der Waals surface area contributed by atoms with Crippen LogP contribution in [0, 0.1) is 5.82 Å². The fourth-order valence-electron chi connectivity index (χ4n) is 2.85. The lowest BCUT2D eigenvalue weighted by Gasteiger charge is -2.19. The summed E-state index contributed by atoms with van der Waals surface area (Å²) in [5, 5.41) is 8.95. The van der Waals surface area contributed by atoms with Crippen molar-refractivity contribution in [2.24, 2.45) is 0 Å². The van der Waals surface area contributed by atoms with Gasteiger partial charge in [0, 0.05) is 23.6 Å². The van der Waals surface area contributed by atoms with E-state index < -0.39 is 21.8 Å². The smallest absolute Gasteiger partial charge is 0.335 e. The van der Waals surface area contributed by atoms with E-state index in [1.54, 1.807) is 6.07 Å². The molecule has 0 aromatic heterocycles. The molecule has 1 saturated heterocycles. The third-order valence-corrected chi connectivity index (χ3v) is 6.47. The monoisotopic (exact) mass is 442 g/mol. The van der Waals surface area contributed by atoms with Crippen LogP contribution in [0.5, 0.6) is 0 Å². The Hall–Kier alpha value is -2.13. The molecule has 0 atom stereocenters. The number of carboxylic acid groups (broad SMARTS) is 1. The van der Waals surface area contributed by atoms with Crippen LogP contribution in [0.25, 0.3) is 0 Å². The molecule has 9 heteroatoms. The lowest BCUT2D eigenvalue weighted by molar-refractivity contribution is 0.0696. The zero-order chi connectivity index (χ0) is 18.9. The third kappa shape index (κ3) is 3.83. The van der Waals surface area contributed by atoms with Gasteiger partial charge < -0.3 is 10.0 Å². The molecule has 0 amide bonds. The van der Waals surface area contributed by atoms with Crippen molar-refractivity contribution in [3.8, 4) is 0 Å². The Bertz CT molecular complexity index is 959. The second kappa shape index (κ2) is 7.24. The average Bonchev–Trinajstić information content (AvgIpc) is 3.08. The number of sulfonamides is 1. The van der Waals surface area contributed by atoms with E-state index in [0.717, 1.165) is 32.0 Å². The minimum atomic E-state index is -4.01. The van der Waals surface area contributed by atoms with Gasteiger partial charge in [0.25, 0.3) is 10.0 Å². The summed E-state index contributed by atoms with van der Waals surface area (Å²) in [5.74, 6) is -1.66. The van der Waals surface area contributed by atoms with E-state index >= 15 is 0 Å². The maximum atomic E-state index is 14.3. The molecule has 6 nitrogen and oxygen atoms in total. The molecule has 0 saturated carbocycles. The van der Waals surface area contributed by atoms with E-state index in [1.165, 1.54) is 24.3 Å². The Morgan fingerprint density at radius 2 is 1.85 bits per heavy atom. The van der Waals surface area contributed by atoms with E-state index in [4.69, 9.17) is 5.11 Å². The van der Waals surface area contributed by atoms with Crippen LogP contribution in [-0.4, -0.2) is 32.6 Å². The highest BCUT2D eigenvalue weighted by Gasteiger charge is 2.21. The number of benzene rings is 2. The van der Waals surface area contributed by atoms with E-state index in [9.17, 15) is 17.6 Å². The summed E-state index contributed by atoms with van der Waals surface area (Å²) >= 11 is 3.07. The third-order valence-electron chi connectivity index (χ3n) is 4.11. The van der Waals surface area contributed by atoms with Gasteiger partial charge in [-0.25, -0.2) is 17.6 Å². The van der Waals surface area contributed by atoms with Crippen LogP contribution in [0.4, 0.5) is 15.8 Å². The van der Waals surface area contributed by atoms with Crippen LogP contribution in [-0.2, 0) is 10.0 Å². The zero-order valence-electron chi connectivity index (χ0n) is 13.6. The number of rotatable bonds is 5. The van der Waals surface area contributed by atoms with Crippen molar-refractivity contribution in [3.05, 3.63) is 52.3 Å². The molecular weight excluding hydrogens is 427 g/mol. The SMILES string of the molecule is O=C(O)c1ccc(S(=O)(=O)Nc2ccc(N3CCCC3)c(F)c2)c(Br)c1. The minimum Gasteiger partial charge on any atom is -0.478 e. The molecule has 3 rings (SSSR count). The van der Waals surface area contributed by atoms with Gasteiger partial charge in [-0.1, -0.05) is 0 Å². The maximum Gasteiger partial charge on any atom is 0.335 e. The predicted octanol–water partition coefficient (Wildman–Crippen LogP) is 3.69. The van der Waals surface area contributed by atoms with E-state index in [1.807, 2.05) is 4.90 Å². The first kappa shape index (κ1) is 18.7. The van der Waals surface area contributed by atoms with Gasteiger partial charge in [0.15, 0.2) is 0 Å². The topological polar surface area (TPSA) is 86.7 Å². The van der Waals surface area contributed by atoms with Gasteiger partial charge in [-0.15, -0.1) is 0 Å². The molecular formula is C17H16BrFN2O4S. The molecule has 0 bridgehead atoms. The van der Waals surface area contributed by atoms with Crippen molar-refractivity contribution in [2.75, 3.05) is 22.7 Å². The highest BCUT2D eigenvalue weighted by molar-refractivity contribution is 9.10. The van der Waals surface area contributed by atoms with Crippen molar-refractivity contribution in [1.29, 1.82) is 0 Å². The molecule has 2 aromatic rings. The Morgan fingerprint density at radius 1 is 1.15 bits per heavy atom. The first-order valence-electron chi connectivity index (χ1n) is 7.88. The molecule has 0 aliphatic carbocycles. The van der Waals surface area contributed by atoms with Crippen LogP contribution in [0.15, 0.2) is 45.8 Å². The number of hydrogen-bond donors (Lipinski definition) is 2. The number of carbonyl (C=O) groups is 1. The van der Waals surface area contributed by atoms with Gasteiger partial charge in [-0.3, -0.25) is 4.72 Å². The molecule has 1 aliphatic heterocycles. The normalized spacial score (nSPS) is 14.5. The summed E-state index contributed by atoms with van der Waals surface area (Å²) in [6.07, 6.45) is 2.02. The van der Waals surface area contributed by atoms with Gasteiger partial charge in [0.2, 0.25) is 0 Å². The van der Waals surface area contributed by atoms with Crippen molar-refractivity contribution < 1.29 is 22.7 Å². The highest BCUT2D eigenvalue weighted by atomic mass is 79.9. The van der Waals surface area contributed by atoms with Crippen LogP contribution in [0.1, 0.15) is 23.2 Å². The van der Waals surface area contributed by atoms with Crippen LogP contribution >= 0.6 is 15.9 Å². The molecule has 0 radical (unpaired) electrons. The number of hydrogen-bond acceptors (Lipinski definition) is 4. The summed E-state index contributed by atoms with van der Waals surface area (Å²) in [6.45, 7) is 1.57. The summed E-state index contributed by atoms with van der Waals surface area (Å²) in [5.41, 5.74) is 0.508. The summed E-state index contributed by atoms with van der Waals surface area (Å²) < 4.78 is 41.8. The standard InChI is InChI=1S/C17H16BrFN2O4S/c18-13-9-11(17(22)23)3-6-16(13)26(24,25)20-12-4-5-15(14(19)10-12)21-7-1-2-8-21/h3-6,9-10,20H,1-2,7-8H2,(H,22,23). The fourth-order valence-corrected chi connectivity index (χ4v) is 4.97. The fraction of sp³-hybridized carbons (Fsp3) is 0.235. The number of anilines is 2. The molecule has 26 heavy (non-hydrogen) atoms. The average molecular weight is 443 g/mol. The largest absolute Gasteiger partial charge is 0.478 e. The number of carboxylic acids is 1. The van der Waals surface area contributed by atoms with Gasteiger partial charge in [-0.05, 0) is 59.1 Å². The molecule has 0 spiro atoms. The zero-order valence-corrected chi connectivity index (χ0v) is 16.0. The number of halogens is 2. The quantitative estimate of drug-likeness (QED) is 0.737. The molecule has 0 unspecified atom stereocenters. The van der Waals surface area contributed by atoms with Crippen LogP contribution in [0.2, 0.25) is 0 Å². The van der Waals surface area contributed by atoms with Crippen molar-refractivity contribution in [1.82, 2.24) is 0 Å². The second-order valence-electron chi connectivity index (χ2n) is 5.92. The lowest BCUT2D eigenvalue weighted by Crippen LogP contribution is -2.19. The summed E-state index contributed by atoms with van der Waals surface area (Å²) in [6, 6.07) is 7.79. The second-order valence-corrected chi connectivity index (χ2v) is 8.42. The number of nitrogens with zero attached hydrogens (tertiary/aromatic N) is 1. The van der Waals surface area contributed by atoms with Gasteiger partial charge in [-0.2, -0.15) is 0 Å². The summed E-state index contributed by atoms with van der Waals surface area (Å²) in [7, 11) is -4.01. The number of aromatic carboxylic acids is 1. The van der Waals surface area contributed by atoms with Gasteiger partial charge in [0.1, 0.15) is 10.7 Å². The van der Waals surface area contributed by atoms with Crippen LogP contribution < -0.4 is 9.62 Å². The molecule has 1 aliphatic rings. The highest BCUT2D eigenvalue weighted by Crippen LogP contribution is 2.29. The van der Waals surface area contributed by atoms with Crippen molar-refractivity contribution in [3.63, 3.8) is 0 Å². The summed E-state index contributed by atoms with van der Waals surface area (Å²) in [4.78, 5) is 12.7. The van der Waals surface area contributed by atoms with E-state index in [0.29, 0.717) is 5.69 Å². The molecule has 1 heterocycles. The first-order chi connectivity index (χ1) is 12.3. The lowest BCUT2D eigenvalue weighted by atomic mass is 10.2. The maximum absolute atomic E-state index is 14.3. The van der Waals surface area contributed by atoms with E-state index in [2.05, 4.69) is 20.7 Å². The molecule has 1 fully saturated rings. The molecule has 138 valence electrons. The Balaban J connectivity index is 1.85. The Labute approximate surface area is 158 Å². The van der Waals surface area contributed by atoms with E-state index in [-0.39, 0.29) is 20.6 Å². The van der Waals surface area contributed by atoms with Crippen molar-refractivity contribution >= 4 is 43.3 Å². The Morgan fingerprint density at radius 3 is 2.42 bits per heavy atom. The Kier molecular flexibility index (Phi) is 5.19. The van der Waals surface area contributed by atoms with Crippen LogP contribution in [0.3, 0.4) is 0 Å². The predicted molar refractivity (Wildman–Crippen MR) is 99.8 cm³/mol. The number of nitrogens with one attached hydrogen (secondary N) is 1. The molecule has 2 aromatic carbocycles. The molecule has 2 N–H and O–H groups in total.